The van der Waals surface area contributed by atoms with Crippen LogP contribution in [0.1, 0.15) is 26.8 Å². The van der Waals surface area contributed by atoms with Crippen molar-refractivity contribution in [2.45, 2.75) is 37.9 Å². The molecule has 0 aliphatic heterocycles. The van der Waals surface area contributed by atoms with Crippen LogP contribution in [0.2, 0.25) is 0 Å². The zero-order valence-electron chi connectivity index (χ0n) is 14.8. The monoisotopic (exact) mass is 378 g/mol. The Kier molecular flexibility index (Phi) is 6.31. The van der Waals surface area contributed by atoms with Gasteiger partial charge in [0.15, 0.2) is 0 Å². The van der Waals surface area contributed by atoms with Gasteiger partial charge in [-0.15, -0.1) is 11.8 Å². The third-order valence-electron chi connectivity index (χ3n) is 3.95. The molecule has 3 N–H and O–H groups in total. The highest BCUT2D eigenvalue weighted by atomic mass is 32.2. The van der Waals surface area contributed by atoms with Gasteiger partial charge in [0.05, 0.1) is 5.03 Å². The molecule has 2 rings (SSSR count). The van der Waals surface area contributed by atoms with Crippen molar-refractivity contribution in [1.29, 1.82) is 0 Å². The SMILES string of the molecule is CC(=O)N[C@@H](CSc1c2ccccc2cn1C(C(=O)O)C(C)C)C(=O)O. The average molecular weight is 378 g/mol. The van der Waals surface area contributed by atoms with E-state index in [2.05, 4.69) is 5.32 Å². The molecule has 0 fully saturated rings. The second-order valence-corrected chi connectivity index (χ2v) is 7.37. The Balaban J connectivity index is 2.44. The van der Waals surface area contributed by atoms with Crippen molar-refractivity contribution in [3.8, 4) is 0 Å². The number of fused-ring (bicyclic) bond motifs is 1. The van der Waals surface area contributed by atoms with Crippen molar-refractivity contribution in [2.24, 2.45) is 5.92 Å². The molecule has 8 heteroatoms. The molecule has 0 aliphatic carbocycles. The first-order valence-electron chi connectivity index (χ1n) is 8.17. The number of aromatic nitrogens is 1. The molecule has 0 saturated carbocycles. The Morgan fingerprint density at radius 2 is 1.81 bits per heavy atom. The van der Waals surface area contributed by atoms with Gasteiger partial charge in [0.25, 0.3) is 0 Å². The molecular formula is C18H22N2O5S. The Morgan fingerprint density at radius 3 is 2.35 bits per heavy atom. The minimum atomic E-state index is -1.13. The van der Waals surface area contributed by atoms with Gasteiger partial charge in [0.2, 0.25) is 5.91 Å². The summed E-state index contributed by atoms with van der Waals surface area (Å²) in [6.45, 7) is 4.92. The smallest absolute Gasteiger partial charge is 0.327 e. The maximum atomic E-state index is 11.8. The zero-order chi connectivity index (χ0) is 19.4. The minimum absolute atomic E-state index is 0.0906. The van der Waals surface area contributed by atoms with Crippen LogP contribution in [0.4, 0.5) is 0 Å². The van der Waals surface area contributed by atoms with Crippen molar-refractivity contribution in [1.82, 2.24) is 9.88 Å². The first-order chi connectivity index (χ1) is 12.2. The normalized spacial score (nSPS) is 13.5. The maximum Gasteiger partial charge on any atom is 0.327 e. The topological polar surface area (TPSA) is 109 Å². The highest BCUT2D eigenvalue weighted by Crippen LogP contribution is 2.35. The van der Waals surface area contributed by atoms with Crippen LogP contribution in [0.15, 0.2) is 35.5 Å². The summed E-state index contributed by atoms with van der Waals surface area (Å²) in [6.07, 6.45) is 1.78. The van der Waals surface area contributed by atoms with Gasteiger partial charge >= 0.3 is 11.9 Å². The van der Waals surface area contributed by atoms with Crippen LogP contribution in [0.3, 0.4) is 0 Å². The molecule has 1 heterocycles. The number of rotatable bonds is 8. The number of aliphatic carboxylic acids is 2. The Labute approximate surface area is 155 Å². The number of nitrogens with one attached hydrogen (secondary N) is 1. The number of hydrogen-bond acceptors (Lipinski definition) is 4. The van der Waals surface area contributed by atoms with Crippen LogP contribution >= 0.6 is 11.8 Å². The summed E-state index contributed by atoms with van der Waals surface area (Å²) in [6, 6.07) is 5.66. The fourth-order valence-corrected chi connectivity index (χ4v) is 4.03. The number of nitrogens with zero attached hydrogens (tertiary/aromatic N) is 1. The van der Waals surface area contributed by atoms with Crippen molar-refractivity contribution < 1.29 is 24.6 Å². The van der Waals surface area contributed by atoms with E-state index >= 15 is 0 Å². The highest BCUT2D eigenvalue weighted by molar-refractivity contribution is 7.99. The lowest BCUT2D eigenvalue weighted by Gasteiger charge is -2.21. The van der Waals surface area contributed by atoms with Crippen LogP contribution in [0.25, 0.3) is 10.8 Å². The molecule has 0 spiro atoms. The van der Waals surface area contributed by atoms with E-state index in [0.717, 1.165) is 10.8 Å². The number of benzene rings is 1. The van der Waals surface area contributed by atoms with E-state index in [-0.39, 0.29) is 11.7 Å². The van der Waals surface area contributed by atoms with Crippen LogP contribution in [0, 0.1) is 5.92 Å². The second kappa shape index (κ2) is 8.27. The first-order valence-corrected chi connectivity index (χ1v) is 9.16. The number of carboxylic acid groups (broad SMARTS) is 2. The fraction of sp³-hybridized carbons (Fsp3) is 0.389. The van der Waals surface area contributed by atoms with Gasteiger partial charge < -0.3 is 20.1 Å². The Bertz CT molecular complexity index is 830. The van der Waals surface area contributed by atoms with Gasteiger partial charge in [-0.2, -0.15) is 0 Å². The molecule has 140 valence electrons. The summed E-state index contributed by atoms with van der Waals surface area (Å²) in [5.74, 6) is -2.57. The summed E-state index contributed by atoms with van der Waals surface area (Å²) >= 11 is 1.23. The molecular weight excluding hydrogens is 356 g/mol. The molecule has 7 nitrogen and oxygen atoms in total. The van der Waals surface area contributed by atoms with E-state index in [1.807, 2.05) is 38.1 Å². The molecule has 0 bridgehead atoms. The van der Waals surface area contributed by atoms with Crippen molar-refractivity contribution >= 4 is 40.4 Å². The van der Waals surface area contributed by atoms with Gasteiger partial charge in [-0.3, -0.25) is 4.79 Å². The second-order valence-electron chi connectivity index (χ2n) is 6.36. The van der Waals surface area contributed by atoms with E-state index in [1.165, 1.54) is 18.7 Å². The fourth-order valence-electron chi connectivity index (χ4n) is 2.82. The molecule has 0 saturated heterocycles. The maximum absolute atomic E-state index is 11.8. The van der Waals surface area contributed by atoms with Crippen molar-refractivity contribution in [3.05, 3.63) is 30.5 Å². The lowest BCUT2D eigenvalue weighted by molar-refractivity contribution is -0.142. The molecule has 1 aromatic carbocycles. The highest BCUT2D eigenvalue weighted by Gasteiger charge is 2.28. The van der Waals surface area contributed by atoms with Crippen LogP contribution in [-0.4, -0.2) is 44.4 Å². The molecule has 1 unspecified atom stereocenters. The van der Waals surface area contributed by atoms with Gasteiger partial charge in [-0.05, 0) is 5.92 Å². The van der Waals surface area contributed by atoms with Crippen LogP contribution in [0.5, 0.6) is 0 Å². The van der Waals surface area contributed by atoms with Gasteiger partial charge in [-0.25, -0.2) is 9.59 Å². The summed E-state index contributed by atoms with van der Waals surface area (Å²) < 4.78 is 1.69. The number of carbonyl (C=O) groups excluding carboxylic acids is 1. The van der Waals surface area contributed by atoms with E-state index in [0.29, 0.717) is 5.03 Å². The Morgan fingerprint density at radius 1 is 1.15 bits per heavy atom. The molecule has 2 atom stereocenters. The molecule has 0 radical (unpaired) electrons. The quantitative estimate of drug-likeness (QED) is 0.609. The van der Waals surface area contributed by atoms with Crippen LogP contribution < -0.4 is 5.32 Å². The molecule has 26 heavy (non-hydrogen) atoms. The molecule has 1 aromatic heterocycles. The lowest BCUT2D eigenvalue weighted by Crippen LogP contribution is -2.41. The number of carboxylic acids is 2. The van der Waals surface area contributed by atoms with E-state index in [9.17, 15) is 24.6 Å². The first kappa shape index (κ1) is 19.8. The predicted octanol–water partition coefficient (Wildman–Crippen LogP) is 2.60. The summed E-state index contributed by atoms with van der Waals surface area (Å²) in [5, 5.41) is 23.8. The summed E-state index contributed by atoms with van der Waals surface area (Å²) in [7, 11) is 0. The van der Waals surface area contributed by atoms with Crippen LogP contribution in [-0.2, 0) is 14.4 Å². The zero-order valence-corrected chi connectivity index (χ0v) is 15.6. The predicted molar refractivity (Wildman–Crippen MR) is 99.4 cm³/mol. The van der Waals surface area contributed by atoms with Crippen molar-refractivity contribution in [2.75, 3.05) is 5.75 Å². The van der Waals surface area contributed by atoms with Gasteiger partial charge in [0, 0.05) is 29.6 Å². The number of thioether (sulfide) groups is 1. The van der Waals surface area contributed by atoms with E-state index in [1.54, 1.807) is 10.8 Å². The largest absolute Gasteiger partial charge is 0.480 e. The average Bonchev–Trinajstić information content (AvgIpc) is 2.88. The number of amides is 1. The lowest BCUT2D eigenvalue weighted by atomic mass is 10.0. The standard InChI is InChI=1S/C18H22N2O5S/c1-10(2)15(18(24)25)20-8-12-6-4-5-7-13(12)16(20)26-9-14(17(22)23)19-11(3)21/h4-8,10,14-15H,9H2,1-3H3,(H,19,21)(H,22,23)(H,24,25)/t14-,15?/m0/s1. The third-order valence-corrected chi connectivity index (χ3v) is 5.15. The van der Waals surface area contributed by atoms with E-state index < -0.39 is 29.9 Å². The van der Waals surface area contributed by atoms with Crippen molar-refractivity contribution in [3.63, 3.8) is 0 Å². The summed E-state index contributed by atoms with van der Waals surface area (Å²) in [4.78, 5) is 34.4. The van der Waals surface area contributed by atoms with Gasteiger partial charge in [0.1, 0.15) is 12.1 Å². The number of hydrogen-bond donors (Lipinski definition) is 3. The van der Waals surface area contributed by atoms with E-state index in [4.69, 9.17) is 0 Å². The third kappa shape index (κ3) is 4.37. The molecule has 1 amide bonds. The molecule has 2 aromatic rings. The van der Waals surface area contributed by atoms with Gasteiger partial charge in [-0.1, -0.05) is 38.1 Å². The molecule has 0 aliphatic rings. The number of carbonyl (C=O) groups is 3. The Hall–Kier alpha value is -2.48. The summed E-state index contributed by atoms with van der Waals surface area (Å²) in [5.41, 5.74) is 0. The minimum Gasteiger partial charge on any atom is -0.480 e.